The molecule has 0 saturated heterocycles. The zero-order valence-corrected chi connectivity index (χ0v) is 11.4. The number of rotatable bonds is 2. The van der Waals surface area contributed by atoms with E-state index >= 15 is 0 Å². The molecule has 0 radical (unpaired) electrons. The highest BCUT2D eigenvalue weighted by Gasteiger charge is 2.18. The van der Waals surface area contributed by atoms with Crippen molar-refractivity contribution in [2.45, 2.75) is 6.10 Å². The first kappa shape index (κ1) is 12.2. The third-order valence-corrected chi connectivity index (χ3v) is 4.73. The van der Waals surface area contributed by atoms with Gasteiger partial charge in [-0.25, -0.2) is 4.79 Å². The van der Waals surface area contributed by atoms with Gasteiger partial charge in [0.05, 0.1) is 0 Å². The summed E-state index contributed by atoms with van der Waals surface area (Å²) in [5.41, 5.74) is 0.319. The highest BCUT2D eigenvalue weighted by molar-refractivity contribution is 9.14. The quantitative estimate of drug-likeness (QED) is 0.765. The Labute approximate surface area is 106 Å². The molecule has 0 spiro atoms. The number of aliphatic carboxylic acids is 1. The van der Waals surface area contributed by atoms with Gasteiger partial charge in [0.2, 0.25) is 0 Å². The Bertz CT molecular complexity index is 355. The number of carboxylic acids is 1. The van der Waals surface area contributed by atoms with Crippen molar-refractivity contribution < 1.29 is 15.0 Å². The molecule has 6 heteroatoms. The van der Waals surface area contributed by atoms with Gasteiger partial charge in [0.15, 0.2) is 6.10 Å². The maximum absolute atomic E-state index is 10.5. The van der Waals surface area contributed by atoms with E-state index < -0.39 is 12.1 Å². The summed E-state index contributed by atoms with van der Waals surface area (Å²) in [6.07, 6.45) is -1.50. The molecule has 1 aromatic carbocycles. The largest absolute Gasteiger partial charge is 0.479 e. The average Bonchev–Trinajstić information content (AvgIpc) is 2.12. The van der Waals surface area contributed by atoms with Crippen LogP contribution in [0.4, 0.5) is 0 Å². The normalized spacial score (nSPS) is 12.6. The fraction of sp³-hybridized carbons (Fsp3) is 0.125. The van der Waals surface area contributed by atoms with Gasteiger partial charge < -0.3 is 10.2 Å². The Morgan fingerprint density at radius 3 is 2.00 bits per heavy atom. The number of aliphatic hydroxyl groups excluding tert-OH is 1. The highest BCUT2D eigenvalue weighted by atomic mass is 79.9. The molecule has 0 aromatic heterocycles. The van der Waals surface area contributed by atoms with Crippen molar-refractivity contribution in [2.75, 3.05) is 0 Å². The lowest BCUT2D eigenvalue weighted by Crippen LogP contribution is -2.10. The number of halogens is 3. The van der Waals surface area contributed by atoms with Gasteiger partial charge >= 0.3 is 5.97 Å². The summed E-state index contributed by atoms with van der Waals surface area (Å²) in [4.78, 5) is 10.5. The van der Waals surface area contributed by atoms with Crippen LogP contribution < -0.4 is 0 Å². The molecule has 1 rings (SSSR count). The van der Waals surface area contributed by atoms with Crippen LogP contribution >= 0.6 is 47.8 Å². The Morgan fingerprint density at radius 1 is 1.21 bits per heavy atom. The minimum Gasteiger partial charge on any atom is -0.479 e. The lowest BCUT2D eigenvalue weighted by atomic mass is 10.1. The summed E-state index contributed by atoms with van der Waals surface area (Å²) >= 11 is 9.74. The maximum Gasteiger partial charge on any atom is 0.337 e. The second-order valence-electron chi connectivity index (χ2n) is 2.54. The zero-order valence-electron chi connectivity index (χ0n) is 6.67. The Hall–Kier alpha value is 0.0900. The van der Waals surface area contributed by atoms with Crippen LogP contribution in [0.3, 0.4) is 0 Å². The van der Waals surface area contributed by atoms with Crippen LogP contribution in [0.2, 0.25) is 0 Å². The van der Waals surface area contributed by atoms with Crippen LogP contribution in [0.1, 0.15) is 11.7 Å². The summed E-state index contributed by atoms with van der Waals surface area (Å²) in [6, 6.07) is 3.10. The van der Waals surface area contributed by atoms with Crippen molar-refractivity contribution in [1.29, 1.82) is 0 Å². The number of hydrogen-bond acceptors (Lipinski definition) is 2. The molecule has 3 nitrogen and oxygen atoms in total. The molecule has 0 bridgehead atoms. The first-order valence-corrected chi connectivity index (χ1v) is 5.86. The second-order valence-corrected chi connectivity index (χ2v) is 5.04. The molecule has 0 aliphatic heterocycles. The van der Waals surface area contributed by atoms with E-state index in [1.165, 1.54) is 0 Å². The number of carboxylic acid groups (broad SMARTS) is 1. The van der Waals surface area contributed by atoms with E-state index in [2.05, 4.69) is 47.8 Å². The average molecular weight is 389 g/mol. The Morgan fingerprint density at radius 2 is 1.64 bits per heavy atom. The molecule has 0 aliphatic carbocycles. The van der Waals surface area contributed by atoms with E-state index in [4.69, 9.17) is 5.11 Å². The number of aliphatic hydroxyl groups is 1. The van der Waals surface area contributed by atoms with E-state index in [0.29, 0.717) is 14.5 Å². The molecule has 2 N–H and O–H groups in total. The minimum absolute atomic E-state index is 0.319. The second kappa shape index (κ2) is 4.74. The third kappa shape index (κ3) is 2.56. The Balaban J connectivity index is 3.19. The van der Waals surface area contributed by atoms with E-state index in [1.807, 2.05) is 0 Å². The van der Waals surface area contributed by atoms with Crippen LogP contribution in [-0.2, 0) is 4.79 Å². The third-order valence-electron chi connectivity index (χ3n) is 1.56. The van der Waals surface area contributed by atoms with Gasteiger partial charge in [0, 0.05) is 13.4 Å². The van der Waals surface area contributed by atoms with E-state index in [0.717, 1.165) is 4.47 Å². The van der Waals surface area contributed by atoms with Crippen LogP contribution in [0, 0.1) is 0 Å². The van der Waals surface area contributed by atoms with Gasteiger partial charge in [-0.3, -0.25) is 0 Å². The van der Waals surface area contributed by atoms with Gasteiger partial charge in [0.1, 0.15) is 0 Å². The summed E-state index contributed by atoms with van der Waals surface area (Å²) in [7, 11) is 0. The van der Waals surface area contributed by atoms with Gasteiger partial charge in [-0.2, -0.15) is 0 Å². The SMILES string of the molecule is O=C(O)C(O)c1cc(Br)c(Br)c(Br)c1. The molecular formula is C8H5Br3O3. The first-order chi connectivity index (χ1) is 6.43. The molecule has 1 unspecified atom stereocenters. The molecule has 0 aliphatic rings. The lowest BCUT2D eigenvalue weighted by Gasteiger charge is -2.08. The van der Waals surface area contributed by atoms with Crippen LogP contribution in [0.15, 0.2) is 25.6 Å². The summed E-state index contributed by atoms with van der Waals surface area (Å²) in [6.45, 7) is 0. The number of hydrogen-bond donors (Lipinski definition) is 2. The fourth-order valence-electron chi connectivity index (χ4n) is 0.876. The molecule has 0 fully saturated rings. The van der Waals surface area contributed by atoms with E-state index in [9.17, 15) is 9.90 Å². The van der Waals surface area contributed by atoms with Crippen molar-refractivity contribution >= 4 is 53.8 Å². The lowest BCUT2D eigenvalue weighted by molar-refractivity contribution is -0.146. The summed E-state index contributed by atoms with van der Waals surface area (Å²) in [5, 5.41) is 17.9. The molecule has 0 heterocycles. The standard InChI is InChI=1S/C8H5Br3O3/c9-4-1-3(7(12)8(13)14)2-5(10)6(4)11/h1-2,7,12H,(H,13,14). The van der Waals surface area contributed by atoms with Gasteiger partial charge in [0.25, 0.3) is 0 Å². The molecule has 1 atom stereocenters. The minimum atomic E-state index is -1.50. The molecule has 14 heavy (non-hydrogen) atoms. The number of benzene rings is 1. The van der Waals surface area contributed by atoms with Gasteiger partial charge in [-0.1, -0.05) is 0 Å². The maximum atomic E-state index is 10.5. The van der Waals surface area contributed by atoms with E-state index in [1.54, 1.807) is 12.1 Å². The van der Waals surface area contributed by atoms with Crippen LogP contribution in [0.5, 0.6) is 0 Å². The monoisotopic (exact) mass is 386 g/mol. The summed E-state index contributed by atoms with van der Waals surface area (Å²) in [5.74, 6) is -1.27. The van der Waals surface area contributed by atoms with Crippen molar-refractivity contribution in [3.63, 3.8) is 0 Å². The van der Waals surface area contributed by atoms with Crippen molar-refractivity contribution in [2.24, 2.45) is 0 Å². The predicted molar refractivity (Wildman–Crippen MR) is 62.1 cm³/mol. The van der Waals surface area contributed by atoms with Crippen LogP contribution in [-0.4, -0.2) is 16.2 Å². The van der Waals surface area contributed by atoms with Crippen molar-refractivity contribution in [3.05, 3.63) is 31.1 Å². The molecule has 76 valence electrons. The first-order valence-electron chi connectivity index (χ1n) is 3.48. The Kier molecular flexibility index (Phi) is 4.12. The van der Waals surface area contributed by atoms with Gasteiger partial charge in [-0.15, -0.1) is 0 Å². The zero-order chi connectivity index (χ0) is 10.9. The van der Waals surface area contributed by atoms with Gasteiger partial charge in [-0.05, 0) is 65.5 Å². The molecule has 1 aromatic rings. The number of carbonyl (C=O) groups is 1. The summed E-state index contributed by atoms with van der Waals surface area (Å²) < 4.78 is 2.14. The smallest absolute Gasteiger partial charge is 0.337 e. The van der Waals surface area contributed by atoms with Crippen molar-refractivity contribution in [1.82, 2.24) is 0 Å². The van der Waals surface area contributed by atoms with E-state index in [-0.39, 0.29) is 0 Å². The predicted octanol–water partition coefficient (Wildman–Crippen LogP) is 3.09. The highest BCUT2D eigenvalue weighted by Crippen LogP contribution is 2.33. The molecule has 0 amide bonds. The topological polar surface area (TPSA) is 57.5 Å². The molecular weight excluding hydrogens is 384 g/mol. The molecule has 0 saturated carbocycles. The van der Waals surface area contributed by atoms with Crippen molar-refractivity contribution in [3.8, 4) is 0 Å². The van der Waals surface area contributed by atoms with Crippen LogP contribution in [0.25, 0.3) is 0 Å². The fourth-order valence-corrected chi connectivity index (χ4v) is 2.33.